The summed E-state index contributed by atoms with van der Waals surface area (Å²) in [5, 5.41) is 0. The summed E-state index contributed by atoms with van der Waals surface area (Å²) in [5.74, 6) is 0. The Morgan fingerprint density at radius 1 is 1.40 bits per heavy atom. The Morgan fingerprint density at radius 2 is 2.20 bits per heavy atom. The second kappa shape index (κ2) is 5.26. The fraction of sp³-hybridized carbons (Fsp3) is 0.500. The van der Waals surface area contributed by atoms with Gasteiger partial charge in [-0.2, -0.15) is 0 Å². The number of morpholine rings is 1. The van der Waals surface area contributed by atoms with E-state index in [1.807, 2.05) is 6.07 Å². The van der Waals surface area contributed by atoms with Gasteiger partial charge in [0.05, 0.1) is 13.2 Å². The van der Waals surface area contributed by atoms with Gasteiger partial charge in [0.15, 0.2) is 0 Å². The molecule has 82 valence electrons. The molecule has 3 heteroatoms. The number of methoxy groups -OCH3 is 1. The first-order valence-corrected chi connectivity index (χ1v) is 5.28. The third-order valence-corrected chi connectivity index (χ3v) is 2.69. The molecule has 15 heavy (non-hydrogen) atoms. The van der Waals surface area contributed by atoms with Crippen molar-refractivity contribution in [2.45, 2.75) is 12.8 Å². The highest BCUT2D eigenvalue weighted by molar-refractivity contribution is 5.14. The van der Waals surface area contributed by atoms with Crippen molar-refractivity contribution >= 4 is 0 Å². The minimum Gasteiger partial charge on any atom is -0.376 e. The number of ether oxygens (including phenoxy) is 2. The van der Waals surface area contributed by atoms with Crippen LogP contribution in [-0.2, 0) is 16.0 Å². The molecule has 1 aromatic rings. The highest BCUT2D eigenvalue weighted by atomic mass is 16.5. The van der Waals surface area contributed by atoms with Gasteiger partial charge in [0, 0.05) is 20.2 Å². The fourth-order valence-electron chi connectivity index (χ4n) is 1.83. The topological polar surface area (TPSA) is 21.7 Å². The standard InChI is InChI=1S/C12H17NO2/c1-14-12-10-15-8-7-13(12)9-11-5-3-2-4-6-11/h2-6,12H,7-10H2,1H3/t12-/m1/s1. The molecule has 0 N–H and O–H groups in total. The molecule has 0 amide bonds. The van der Waals surface area contributed by atoms with Gasteiger partial charge < -0.3 is 9.47 Å². The smallest absolute Gasteiger partial charge is 0.134 e. The van der Waals surface area contributed by atoms with Crippen LogP contribution >= 0.6 is 0 Å². The first-order chi connectivity index (χ1) is 7.40. The summed E-state index contributed by atoms with van der Waals surface area (Å²) in [5.41, 5.74) is 1.32. The first-order valence-electron chi connectivity index (χ1n) is 5.28. The highest BCUT2D eigenvalue weighted by Crippen LogP contribution is 2.12. The minimum absolute atomic E-state index is 0.0963. The van der Waals surface area contributed by atoms with Gasteiger partial charge in [-0.1, -0.05) is 30.3 Å². The second-order valence-electron chi connectivity index (χ2n) is 3.72. The zero-order valence-electron chi connectivity index (χ0n) is 9.06. The van der Waals surface area contributed by atoms with Crippen LogP contribution < -0.4 is 0 Å². The molecule has 1 fully saturated rings. The van der Waals surface area contributed by atoms with Gasteiger partial charge in [0.25, 0.3) is 0 Å². The lowest BCUT2D eigenvalue weighted by Gasteiger charge is -2.34. The Hall–Kier alpha value is -0.900. The summed E-state index contributed by atoms with van der Waals surface area (Å²) in [7, 11) is 1.73. The zero-order chi connectivity index (χ0) is 10.5. The van der Waals surface area contributed by atoms with Crippen molar-refractivity contribution in [3.8, 4) is 0 Å². The van der Waals surface area contributed by atoms with E-state index in [2.05, 4.69) is 29.2 Å². The number of hydrogen-bond donors (Lipinski definition) is 0. The molecule has 1 atom stereocenters. The second-order valence-corrected chi connectivity index (χ2v) is 3.72. The van der Waals surface area contributed by atoms with Gasteiger partial charge in [-0.05, 0) is 5.56 Å². The zero-order valence-corrected chi connectivity index (χ0v) is 9.06. The Morgan fingerprint density at radius 3 is 2.93 bits per heavy atom. The van der Waals surface area contributed by atoms with Crippen LogP contribution in [0.1, 0.15) is 5.56 Å². The normalized spacial score (nSPS) is 22.9. The van der Waals surface area contributed by atoms with E-state index >= 15 is 0 Å². The molecule has 1 aromatic carbocycles. The van der Waals surface area contributed by atoms with Crippen LogP contribution in [0.4, 0.5) is 0 Å². The van der Waals surface area contributed by atoms with Crippen molar-refractivity contribution < 1.29 is 9.47 Å². The van der Waals surface area contributed by atoms with Crippen LogP contribution in [0.5, 0.6) is 0 Å². The van der Waals surface area contributed by atoms with E-state index in [1.165, 1.54) is 5.56 Å². The van der Waals surface area contributed by atoms with Crippen molar-refractivity contribution in [2.24, 2.45) is 0 Å². The molecule has 0 saturated carbocycles. The first kappa shape index (κ1) is 10.6. The Balaban J connectivity index is 1.97. The molecule has 0 aliphatic carbocycles. The maximum absolute atomic E-state index is 5.38. The summed E-state index contributed by atoms with van der Waals surface area (Å²) >= 11 is 0. The third-order valence-electron chi connectivity index (χ3n) is 2.69. The van der Waals surface area contributed by atoms with Crippen molar-refractivity contribution in [3.63, 3.8) is 0 Å². The van der Waals surface area contributed by atoms with Gasteiger partial charge in [-0.25, -0.2) is 0 Å². The van der Waals surface area contributed by atoms with Crippen LogP contribution in [0.3, 0.4) is 0 Å². The molecular weight excluding hydrogens is 190 g/mol. The van der Waals surface area contributed by atoms with Crippen molar-refractivity contribution in [1.29, 1.82) is 0 Å². The van der Waals surface area contributed by atoms with Crippen molar-refractivity contribution in [2.75, 3.05) is 26.9 Å². The molecular formula is C12H17NO2. The lowest BCUT2D eigenvalue weighted by molar-refractivity contribution is -0.127. The Kier molecular flexibility index (Phi) is 3.72. The molecule has 3 nitrogen and oxygen atoms in total. The molecule has 0 aromatic heterocycles. The van der Waals surface area contributed by atoms with E-state index in [9.17, 15) is 0 Å². The van der Waals surface area contributed by atoms with E-state index in [0.717, 1.165) is 19.7 Å². The molecule has 1 heterocycles. The molecule has 0 spiro atoms. The predicted molar refractivity (Wildman–Crippen MR) is 58.5 cm³/mol. The summed E-state index contributed by atoms with van der Waals surface area (Å²) in [6.45, 7) is 3.34. The Bertz CT molecular complexity index is 289. The molecule has 0 radical (unpaired) electrons. The fourth-order valence-corrected chi connectivity index (χ4v) is 1.83. The molecule has 1 saturated heterocycles. The lowest BCUT2D eigenvalue weighted by atomic mass is 10.2. The number of benzene rings is 1. The van der Waals surface area contributed by atoms with Gasteiger partial charge in [-0.15, -0.1) is 0 Å². The van der Waals surface area contributed by atoms with Crippen LogP contribution in [0, 0.1) is 0 Å². The average molecular weight is 207 g/mol. The molecule has 0 unspecified atom stereocenters. The van der Waals surface area contributed by atoms with Gasteiger partial charge in [-0.3, -0.25) is 4.90 Å². The van der Waals surface area contributed by atoms with Crippen LogP contribution in [0.15, 0.2) is 30.3 Å². The van der Waals surface area contributed by atoms with Crippen molar-refractivity contribution in [1.82, 2.24) is 4.90 Å². The molecule has 2 rings (SSSR count). The average Bonchev–Trinajstić information content (AvgIpc) is 2.31. The van der Waals surface area contributed by atoms with Gasteiger partial charge in [0.2, 0.25) is 0 Å². The summed E-state index contributed by atoms with van der Waals surface area (Å²) in [6.07, 6.45) is 0.0963. The quantitative estimate of drug-likeness (QED) is 0.749. The van der Waals surface area contributed by atoms with Crippen LogP contribution in [-0.4, -0.2) is 38.0 Å². The number of rotatable bonds is 3. The minimum atomic E-state index is 0.0963. The maximum Gasteiger partial charge on any atom is 0.134 e. The van der Waals surface area contributed by atoms with Crippen LogP contribution in [0.2, 0.25) is 0 Å². The van der Waals surface area contributed by atoms with Crippen LogP contribution in [0.25, 0.3) is 0 Å². The number of hydrogen-bond acceptors (Lipinski definition) is 3. The van der Waals surface area contributed by atoms with Crippen molar-refractivity contribution in [3.05, 3.63) is 35.9 Å². The molecule has 1 aliphatic heterocycles. The Labute approximate surface area is 90.6 Å². The SMILES string of the molecule is CO[C@@H]1COCCN1Cc1ccccc1. The van der Waals surface area contributed by atoms with E-state index < -0.39 is 0 Å². The third kappa shape index (κ3) is 2.78. The van der Waals surface area contributed by atoms with E-state index in [-0.39, 0.29) is 6.23 Å². The van der Waals surface area contributed by atoms with E-state index in [1.54, 1.807) is 7.11 Å². The molecule has 0 bridgehead atoms. The monoisotopic (exact) mass is 207 g/mol. The number of nitrogens with zero attached hydrogens (tertiary/aromatic N) is 1. The summed E-state index contributed by atoms with van der Waals surface area (Å²) in [4.78, 5) is 2.30. The van der Waals surface area contributed by atoms with E-state index in [4.69, 9.17) is 9.47 Å². The largest absolute Gasteiger partial charge is 0.376 e. The van der Waals surface area contributed by atoms with E-state index in [0.29, 0.717) is 6.61 Å². The highest BCUT2D eigenvalue weighted by Gasteiger charge is 2.22. The van der Waals surface area contributed by atoms with Gasteiger partial charge >= 0.3 is 0 Å². The summed E-state index contributed by atoms with van der Waals surface area (Å²) in [6, 6.07) is 10.5. The predicted octanol–water partition coefficient (Wildman–Crippen LogP) is 1.49. The molecule has 1 aliphatic rings. The van der Waals surface area contributed by atoms with Gasteiger partial charge in [0.1, 0.15) is 6.23 Å². The summed E-state index contributed by atoms with van der Waals surface area (Å²) < 4.78 is 10.8. The lowest BCUT2D eigenvalue weighted by Crippen LogP contribution is -2.45. The maximum atomic E-state index is 5.38.